The number of phenolic OH excluding ortho intramolecular Hbond substituents is 1. The topological polar surface area (TPSA) is 116 Å². The molecule has 0 radical (unpaired) electrons. The second kappa shape index (κ2) is 12.6. The number of halogens is 2. The van der Waals surface area contributed by atoms with Crippen molar-refractivity contribution in [2.45, 2.75) is 37.5 Å². The van der Waals surface area contributed by atoms with E-state index in [4.69, 9.17) is 16.3 Å². The minimum Gasteiger partial charge on any atom is -0.508 e. The van der Waals surface area contributed by atoms with E-state index in [9.17, 15) is 23.9 Å². The van der Waals surface area contributed by atoms with Gasteiger partial charge in [-0.2, -0.15) is 5.01 Å². The number of aromatic hydroxyl groups is 1. The Labute approximate surface area is 304 Å². The molecule has 264 valence electrons. The SMILES string of the molecule is CCc1ccc(N2C(=O)[C@H]3[C@H](CC=C4[C@H]3C[C@H]3C(=O)N(Nc5ccc(F)cc5)C(=O)[C@@]3(c3ccc(Cl)cc3)[C@H]4c3ccc(O)cc3OC)C2=O)cc1. The summed E-state index contributed by atoms with van der Waals surface area (Å²) in [6, 6.07) is 24.1. The van der Waals surface area contributed by atoms with E-state index < -0.39 is 52.6 Å². The predicted octanol–water partition coefficient (Wildman–Crippen LogP) is 6.95. The number of fused-ring (bicyclic) bond motifs is 4. The van der Waals surface area contributed by atoms with Gasteiger partial charge in [0, 0.05) is 22.6 Å². The number of hydrogen-bond acceptors (Lipinski definition) is 7. The number of hydrogen-bond donors (Lipinski definition) is 2. The largest absolute Gasteiger partial charge is 0.508 e. The third-order valence-electron chi connectivity index (χ3n) is 11.4. The zero-order chi connectivity index (χ0) is 36.5. The number of ether oxygens (including phenoxy) is 1. The Kier molecular flexibility index (Phi) is 8.17. The molecule has 2 aliphatic carbocycles. The summed E-state index contributed by atoms with van der Waals surface area (Å²) >= 11 is 6.37. The second-order valence-corrected chi connectivity index (χ2v) is 14.3. The molecule has 11 heteroatoms. The second-order valence-electron chi connectivity index (χ2n) is 13.8. The lowest BCUT2D eigenvalue weighted by Gasteiger charge is -2.50. The van der Waals surface area contributed by atoms with Crippen LogP contribution < -0.4 is 15.1 Å². The number of anilines is 2. The van der Waals surface area contributed by atoms with Crippen LogP contribution in [0.1, 0.15) is 42.4 Å². The molecule has 2 saturated heterocycles. The lowest BCUT2D eigenvalue weighted by atomic mass is 9.49. The molecule has 0 aromatic heterocycles. The van der Waals surface area contributed by atoms with Crippen LogP contribution in [0.2, 0.25) is 5.02 Å². The van der Waals surface area contributed by atoms with Gasteiger partial charge in [-0.3, -0.25) is 29.5 Å². The van der Waals surface area contributed by atoms with Gasteiger partial charge in [0.1, 0.15) is 17.3 Å². The maximum atomic E-state index is 15.3. The Bertz CT molecular complexity index is 2150. The fraction of sp³-hybridized carbons (Fsp3) is 0.268. The van der Waals surface area contributed by atoms with Gasteiger partial charge in [0.05, 0.1) is 41.7 Å². The lowest BCUT2D eigenvalue weighted by molar-refractivity contribution is -0.138. The average molecular weight is 720 g/mol. The predicted molar refractivity (Wildman–Crippen MR) is 192 cm³/mol. The maximum absolute atomic E-state index is 15.3. The van der Waals surface area contributed by atoms with Gasteiger partial charge in [0.2, 0.25) is 11.8 Å². The number of nitrogens with one attached hydrogen (secondary N) is 1. The highest BCUT2D eigenvalue weighted by atomic mass is 35.5. The first kappa shape index (κ1) is 33.7. The Morgan fingerprint density at radius 2 is 1.62 bits per heavy atom. The molecule has 0 bridgehead atoms. The molecule has 52 heavy (non-hydrogen) atoms. The van der Waals surface area contributed by atoms with Crippen LogP contribution in [0.3, 0.4) is 0 Å². The van der Waals surface area contributed by atoms with Crippen molar-refractivity contribution in [2.75, 3.05) is 17.4 Å². The highest BCUT2D eigenvalue weighted by molar-refractivity contribution is 6.30. The average Bonchev–Trinajstić information content (AvgIpc) is 3.53. The molecule has 4 aromatic carbocycles. The number of methoxy groups -OCH3 is 1. The molecule has 4 amide bonds. The minimum atomic E-state index is -1.57. The third kappa shape index (κ3) is 4.95. The van der Waals surface area contributed by atoms with E-state index in [-0.39, 0.29) is 36.2 Å². The fourth-order valence-corrected chi connectivity index (χ4v) is 9.20. The number of hydrazine groups is 1. The van der Waals surface area contributed by atoms with Crippen LogP contribution in [0.25, 0.3) is 0 Å². The Morgan fingerprint density at radius 3 is 2.29 bits per heavy atom. The number of rotatable bonds is 7. The zero-order valence-corrected chi connectivity index (χ0v) is 29.1. The number of carbonyl (C=O) groups excluding carboxylic acids is 4. The van der Waals surface area contributed by atoms with Crippen molar-refractivity contribution in [3.05, 3.63) is 130 Å². The first-order valence-corrected chi connectivity index (χ1v) is 17.7. The van der Waals surface area contributed by atoms with Crippen LogP contribution in [0.15, 0.2) is 103 Å². The molecule has 2 aliphatic heterocycles. The summed E-state index contributed by atoms with van der Waals surface area (Å²) in [5.74, 6) is -5.88. The molecule has 2 N–H and O–H groups in total. The summed E-state index contributed by atoms with van der Waals surface area (Å²) < 4.78 is 19.7. The first-order valence-electron chi connectivity index (χ1n) is 17.3. The third-order valence-corrected chi connectivity index (χ3v) is 11.6. The Morgan fingerprint density at radius 1 is 0.904 bits per heavy atom. The summed E-state index contributed by atoms with van der Waals surface area (Å²) in [7, 11) is 1.46. The van der Waals surface area contributed by atoms with Gasteiger partial charge in [-0.25, -0.2) is 4.39 Å². The summed E-state index contributed by atoms with van der Waals surface area (Å²) in [6.07, 6.45) is 3.11. The maximum Gasteiger partial charge on any atom is 0.260 e. The van der Waals surface area contributed by atoms with Gasteiger partial charge < -0.3 is 9.84 Å². The zero-order valence-electron chi connectivity index (χ0n) is 28.4. The highest BCUT2D eigenvalue weighted by Gasteiger charge is 2.70. The van der Waals surface area contributed by atoms with E-state index in [1.807, 2.05) is 25.1 Å². The number of benzene rings is 4. The number of imide groups is 2. The van der Waals surface area contributed by atoms with Crippen molar-refractivity contribution in [1.82, 2.24) is 5.01 Å². The van der Waals surface area contributed by atoms with Gasteiger partial charge in [0.25, 0.3) is 11.8 Å². The number of allylic oxidation sites excluding steroid dienone is 2. The van der Waals surface area contributed by atoms with Crippen LogP contribution >= 0.6 is 11.6 Å². The summed E-state index contributed by atoms with van der Waals surface area (Å²) in [4.78, 5) is 59.9. The number of carbonyl (C=O) groups is 4. The molecule has 8 rings (SSSR count). The van der Waals surface area contributed by atoms with Gasteiger partial charge in [-0.05, 0) is 90.9 Å². The van der Waals surface area contributed by atoms with Crippen LogP contribution in [-0.4, -0.2) is 40.9 Å². The van der Waals surface area contributed by atoms with E-state index in [2.05, 4.69) is 5.43 Å². The van der Waals surface area contributed by atoms with Crippen LogP contribution in [0.5, 0.6) is 11.5 Å². The van der Waals surface area contributed by atoms with Crippen molar-refractivity contribution in [3.8, 4) is 11.5 Å². The summed E-state index contributed by atoms with van der Waals surface area (Å²) in [6.45, 7) is 2.03. The molecular formula is C41H35ClFN3O6. The van der Waals surface area contributed by atoms with Crippen LogP contribution in [0, 0.1) is 29.5 Å². The monoisotopic (exact) mass is 719 g/mol. The van der Waals surface area contributed by atoms with E-state index in [1.165, 1.54) is 48.4 Å². The Hall–Kier alpha value is -5.48. The van der Waals surface area contributed by atoms with Crippen molar-refractivity contribution >= 4 is 46.6 Å². The lowest BCUT2D eigenvalue weighted by Crippen LogP contribution is -2.53. The van der Waals surface area contributed by atoms with Crippen LogP contribution in [-0.2, 0) is 31.0 Å². The normalized spacial score (nSPS) is 26.5. The molecule has 4 aliphatic rings. The van der Waals surface area contributed by atoms with Gasteiger partial charge in [0.15, 0.2) is 0 Å². The van der Waals surface area contributed by atoms with E-state index in [1.54, 1.807) is 42.5 Å². The fourth-order valence-electron chi connectivity index (χ4n) is 9.07. The molecular weight excluding hydrogens is 685 g/mol. The van der Waals surface area contributed by atoms with Gasteiger partial charge in [-0.1, -0.05) is 60.5 Å². The van der Waals surface area contributed by atoms with E-state index >= 15 is 4.79 Å². The van der Waals surface area contributed by atoms with E-state index in [0.717, 1.165) is 22.6 Å². The molecule has 9 nitrogen and oxygen atoms in total. The summed E-state index contributed by atoms with van der Waals surface area (Å²) in [5, 5.41) is 11.9. The van der Waals surface area contributed by atoms with Gasteiger partial charge >= 0.3 is 0 Å². The number of phenols is 1. The molecule has 3 fully saturated rings. The molecule has 0 unspecified atom stereocenters. The van der Waals surface area contributed by atoms with Crippen LogP contribution in [0.4, 0.5) is 15.8 Å². The number of aryl methyl sites for hydroxylation is 1. The van der Waals surface area contributed by atoms with E-state index in [0.29, 0.717) is 27.5 Å². The summed E-state index contributed by atoms with van der Waals surface area (Å²) in [5.41, 5.74) is 5.06. The quantitative estimate of drug-likeness (QED) is 0.157. The number of nitrogens with zero attached hydrogens (tertiary/aromatic N) is 2. The van der Waals surface area contributed by atoms with Crippen molar-refractivity contribution in [3.63, 3.8) is 0 Å². The molecule has 6 atom stereocenters. The smallest absolute Gasteiger partial charge is 0.260 e. The minimum absolute atomic E-state index is 0.0579. The molecule has 1 saturated carbocycles. The highest BCUT2D eigenvalue weighted by Crippen LogP contribution is 2.65. The molecule has 0 spiro atoms. The van der Waals surface area contributed by atoms with Crippen molar-refractivity contribution < 1.29 is 33.4 Å². The number of amides is 4. The Balaban J connectivity index is 1.33. The standard InChI is InChI=1S/C41H35ClFN3O6/c1-3-22-4-14-27(15-5-22)45-37(48)31-19-18-29-32(35(31)39(45)50)21-33-38(49)46(44-26-12-10-25(43)11-13-26)40(51)41(33,23-6-8-24(42)9-7-23)36(29)30-17-16-28(47)20-34(30)52-2/h4-18,20,31-33,35-36,44,47H,3,19,21H2,1-2H3/t31-,32+,33-,35-,36+,41+/m0/s1. The van der Waals surface area contributed by atoms with Gasteiger partial charge in [-0.15, -0.1) is 0 Å². The molecule has 2 heterocycles. The molecule has 4 aromatic rings. The van der Waals surface area contributed by atoms with Crippen molar-refractivity contribution in [2.24, 2.45) is 23.7 Å². The first-order chi connectivity index (χ1) is 25.1. The van der Waals surface area contributed by atoms with Crippen molar-refractivity contribution in [1.29, 1.82) is 0 Å².